The first-order chi connectivity index (χ1) is 13.8. The van der Waals surface area contributed by atoms with Gasteiger partial charge in [-0.15, -0.1) is 0 Å². The van der Waals surface area contributed by atoms with Crippen LogP contribution in [0.5, 0.6) is 0 Å². The van der Waals surface area contributed by atoms with Crippen molar-refractivity contribution in [2.45, 2.75) is 53.1 Å². The molecule has 160 valence electrons. The molecule has 1 amide bonds. The lowest BCUT2D eigenvalue weighted by Gasteiger charge is -2.25. The van der Waals surface area contributed by atoms with E-state index in [1.807, 2.05) is 20.8 Å². The SMILES string of the molecule is CCCn1c(C)nn(-c2cc(NC(CC)C(=O)N(CC)OC)c(Cl)cc2Cl)c1=O. The van der Waals surface area contributed by atoms with Crippen molar-refractivity contribution in [3.8, 4) is 5.69 Å². The summed E-state index contributed by atoms with van der Waals surface area (Å²) in [5.41, 5.74) is 0.593. The first kappa shape index (κ1) is 23.3. The van der Waals surface area contributed by atoms with Crippen molar-refractivity contribution in [2.75, 3.05) is 19.0 Å². The Morgan fingerprint density at radius 2 is 1.97 bits per heavy atom. The van der Waals surface area contributed by atoms with Crippen LogP contribution in [0.2, 0.25) is 10.0 Å². The normalized spacial score (nSPS) is 12.1. The van der Waals surface area contributed by atoms with Crippen molar-refractivity contribution >= 4 is 34.8 Å². The van der Waals surface area contributed by atoms with Gasteiger partial charge >= 0.3 is 5.69 Å². The van der Waals surface area contributed by atoms with Gasteiger partial charge in [-0.3, -0.25) is 14.2 Å². The van der Waals surface area contributed by atoms with Crippen LogP contribution in [0.25, 0.3) is 5.69 Å². The van der Waals surface area contributed by atoms with Gasteiger partial charge in [0.2, 0.25) is 0 Å². The van der Waals surface area contributed by atoms with Crippen molar-refractivity contribution < 1.29 is 9.63 Å². The van der Waals surface area contributed by atoms with Crippen LogP contribution in [0.4, 0.5) is 5.69 Å². The molecule has 1 N–H and O–H groups in total. The van der Waals surface area contributed by atoms with Crippen LogP contribution in [-0.2, 0) is 16.2 Å². The number of anilines is 1. The first-order valence-electron chi connectivity index (χ1n) is 9.56. The number of nitrogens with zero attached hydrogens (tertiary/aromatic N) is 4. The van der Waals surface area contributed by atoms with Crippen LogP contribution in [0, 0.1) is 6.92 Å². The Morgan fingerprint density at radius 1 is 1.28 bits per heavy atom. The van der Waals surface area contributed by atoms with Crippen LogP contribution >= 0.6 is 23.2 Å². The van der Waals surface area contributed by atoms with Crippen molar-refractivity contribution in [1.29, 1.82) is 0 Å². The molecule has 1 aromatic heterocycles. The van der Waals surface area contributed by atoms with Crippen LogP contribution in [0.15, 0.2) is 16.9 Å². The summed E-state index contributed by atoms with van der Waals surface area (Å²) in [6.45, 7) is 8.44. The zero-order valence-corrected chi connectivity index (χ0v) is 18.8. The van der Waals surface area contributed by atoms with E-state index >= 15 is 0 Å². The zero-order valence-electron chi connectivity index (χ0n) is 17.3. The number of likely N-dealkylation sites (N-methyl/N-ethyl adjacent to an activating group) is 1. The molecule has 0 saturated carbocycles. The van der Waals surface area contributed by atoms with Gasteiger partial charge in [-0.1, -0.05) is 37.0 Å². The monoisotopic (exact) mass is 443 g/mol. The van der Waals surface area contributed by atoms with Gasteiger partial charge < -0.3 is 5.32 Å². The highest BCUT2D eigenvalue weighted by Gasteiger charge is 2.24. The van der Waals surface area contributed by atoms with Crippen molar-refractivity contribution in [3.63, 3.8) is 0 Å². The number of carbonyl (C=O) groups is 1. The number of rotatable bonds is 9. The number of carbonyl (C=O) groups excluding carboxylic acids is 1. The number of aromatic nitrogens is 3. The number of hydroxylamine groups is 2. The van der Waals surface area contributed by atoms with Crippen LogP contribution in [0.1, 0.15) is 39.4 Å². The largest absolute Gasteiger partial charge is 0.372 e. The van der Waals surface area contributed by atoms with Gasteiger partial charge in [-0.25, -0.2) is 9.86 Å². The maximum absolute atomic E-state index is 12.8. The van der Waals surface area contributed by atoms with Gasteiger partial charge in [0.1, 0.15) is 11.9 Å². The summed E-state index contributed by atoms with van der Waals surface area (Å²) in [6.07, 6.45) is 1.32. The molecule has 0 aliphatic heterocycles. The van der Waals surface area contributed by atoms with Gasteiger partial charge in [0.05, 0.1) is 28.5 Å². The lowest BCUT2D eigenvalue weighted by molar-refractivity contribution is -0.175. The summed E-state index contributed by atoms with van der Waals surface area (Å²) in [6, 6.07) is 2.61. The number of amides is 1. The summed E-state index contributed by atoms with van der Waals surface area (Å²) >= 11 is 12.7. The molecule has 29 heavy (non-hydrogen) atoms. The number of aryl methyl sites for hydroxylation is 1. The Bertz CT molecular complexity index is 921. The number of nitrogens with one attached hydrogen (secondary N) is 1. The summed E-state index contributed by atoms with van der Waals surface area (Å²) in [5, 5.41) is 9.37. The molecular formula is C19H27Cl2N5O3. The molecule has 0 aliphatic carbocycles. The van der Waals surface area contributed by atoms with Gasteiger partial charge in [0.25, 0.3) is 5.91 Å². The molecule has 10 heteroatoms. The van der Waals surface area contributed by atoms with Crippen molar-refractivity contribution in [2.24, 2.45) is 0 Å². The fourth-order valence-electron chi connectivity index (χ4n) is 3.02. The summed E-state index contributed by atoms with van der Waals surface area (Å²) in [5.74, 6) is 0.378. The zero-order chi connectivity index (χ0) is 21.7. The minimum atomic E-state index is -0.558. The maximum Gasteiger partial charge on any atom is 0.350 e. The molecular weight excluding hydrogens is 417 g/mol. The van der Waals surface area contributed by atoms with Gasteiger partial charge in [0.15, 0.2) is 0 Å². The Kier molecular flexibility index (Phi) is 8.13. The highest BCUT2D eigenvalue weighted by molar-refractivity contribution is 6.37. The molecule has 0 radical (unpaired) electrons. The lowest BCUT2D eigenvalue weighted by Crippen LogP contribution is -2.42. The predicted octanol–water partition coefficient (Wildman–Crippen LogP) is 3.66. The van der Waals surface area contributed by atoms with Gasteiger partial charge in [-0.2, -0.15) is 9.78 Å². The first-order valence-corrected chi connectivity index (χ1v) is 10.3. The molecule has 0 saturated heterocycles. The van der Waals surface area contributed by atoms with Crippen LogP contribution in [0.3, 0.4) is 0 Å². The van der Waals surface area contributed by atoms with E-state index in [0.717, 1.165) is 6.42 Å². The summed E-state index contributed by atoms with van der Waals surface area (Å²) in [4.78, 5) is 30.5. The Morgan fingerprint density at radius 3 is 2.52 bits per heavy atom. The molecule has 0 aliphatic rings. The fraction of sp³-hybridized carbons (Fsp3) is 0.526. The van der Waals surface area contributed by atoms with E-state index in [1.54, 1.807) is 17.6 Å². The third kappa shape index (κ3) is 4.94. The predicted molar refractivity (Wildman–Crippen MR) is 115 cm³/mol. The molecule has 0 fully saturated rings. The molecule has 1 atom stereocenters. The van der Waals surface area contributed by atoms with Crippen LogP contribution < -0.4 is 11.0 Å². The fourth-order valence-corrected chi connectivity index (χ4v) is 3.54. The lowest BCUT2D eigenvalue weighted by atomic mass is 10.1. The molecule has 1 unspecified atom stereocenters. The number of hydrogen-bond donors (Lipinski definition) is 1. The molecule has 1 aromatic carbocycles. The van der Waals surface area contributed by atoms with E-state index in [0.29, 0.717) is 41.7 Å². The summed E-state index contributed by atoms with van der Waals surface area (Å²) < 4.78 is 2.85. The third-order valence-electron chi connectivity index (χ3n) is 4.55. The highest BCUT2D eigenvalue weighted by Crippen LogP contribution is 2.31. The summed E-state index contributed by atoms with van der Waals surface area (Å²) in [7, 11) is 1.45. The number of halogens is 2. The number of benzene rings is 1. The van der Waals surface area contributed by atoms with Gasteiger partial charge in [-0.05, 0) is 38.8 Å². The average Bonchev–Trinajstić information content (AvgIpc) is 2.96. The van der Waals surface area contributed by atoms with E-state index in [9.17, 15) is 9.59 Å². The van der Waals surface area contributed by atoms with Crippen molar-refractivity contribution in [1.82, 2.24) is 19.4 Å². The molecule has 0 spiro atoms. The third-order valence-corrected chi connectivity index (χ3v) is 5.16. The minimum absolute atomic E-state index is 0.217. The van der Waals surface area contributed by atoms with Crippen LogP contribution in [-0.4, -0.2) is 45.0 Å². The van der Waals surface area contributed by atoms with Crippen molar-refractivity contribution in [3.05, 3.63) is 38.5 Å². The number of hydrogen-bond acceptors (Lipinski definition) is 5. The molecule has 1 heterocycles. The Labute approximate surface area is 180 Å². The second kappa shape index (κ2) is 10.1. The molecule has 0 bridgehead atoms. The molecule has 2 rings (SSSR count). The van der Waals surface area contributed by atoms with E-state index in [4.69, 9.17) is 28.0 Å². The quantitative estimate of drug-likeness (QED) is 0.597. The minimum Gasteiger partial charge on any atom is -0.372 e. The van der Waals surface area contributed by atoms with Gasteiger partial charge in [0, 0.05) is 13.1 Å². The Balaban J connectivity index is 2.46. The molecule has 2 aromatic rings. The van der Waals surface area contributed by atoms with E-state index in [1.165, 1.54) is 22.9 Å². The average molecular weight is 444 g/mol. The smallest absolute Gasteiger partial charge is 0.350 e. The standard InChI is InChI=1S/C19H27Cl2N5O3/c1-6-9-24-12(4)23-26(19(24)28)17-11-16(13(20)10-14(17)21)22-15(7-2)18(27)25(8-3)29-5/h10-11,15,22H,6-9H2,1-5H3. The maximum atomic E-state index is 12.8. The van der Waals surface area contributed by atoms with E-state index in [-0.39, 0.29) is 16.6 Å². The topological polar surface area (TPSA) is 81.4 Å². The second-order valence-corrected chi connectivity index (χ2v) is 7.31. The highest BCUT2D eigenvalue weighted by atomic mass is 35.5. The van der Waals surface area contributed by atoms with E-state index in [2.05, 4.69) is 10.4 Å². The van der Waals surface area contributed by atoms with E-state index < -0.39 is 6.04 Å². The Hall–Kier alpha value is -2.03. The molecule has 8 nitrogen and oxygen atoms in total. The second-order valence-electron chi connectivity index (χ2n) is 6.50.